The van der Waals surface area contributed by atoms with Crippen molar-refractivity contribution in [1.29, 1.82) is 0 Å². The fourth-order valence-corrected chi connectivity index (χ4v) is 23.1. The van der Waals surface area contributed by atoms with Crippen LogP contribution in [0.1, 0.15) is 32.8 Å². The summed E-state index contributed by atoms with van der Waals surface area (Å²) in [7, 11) is 15.1. The molecule has 190 valence electrons. The van der Waals surface area contributed by atoms with Crippen LogP contribution < -0.4 is 13.6 Å². The number of hydrogen-bond acceptors (Lipinski definition) is 0. The number of halogens is 2. The van der Waals surface area contributed by atoms with Crippen LogP contribution in [0.4, 0.5) is 0 Å². The molecule has 5 aromatic rings. The molecule has 0 amide bonds. The molecule has 5 aromatic carbocycles. The van der Waals surface area contributed by atoms with Gasteiger partial charge in [0.1, 0.15) is 0 Å². The maximum atomic E-state index is 7.90. The van der Waals surface area contributed by atoms with E-state index < -0.39 is 27.4 Å². The van der Waals surface area contributed by atoms with Crippen molar-refractivity contribution in [2.45, 2.75) is 17.0 Å². The molecule has 0 fully saturated rings. The predicted octanol–water partition coefficient (Wildman–Crippen LogP) is 7.40. The first kappa shape index (κ1) is 25.5. The van der Waals surface area contributed by atoms with Crippen LogP contribution in [0.5, 0.6) is 0 Å². The van der Waals surface area contributed by atoms with E-state index in [4.69, 9.17) is 17.0 Å². The molecule has 0 saturated carbocycles. The summed E-state index contributed by atoms with van der Waals surface area (Å²) in [6.07, 6.45) is 3.38. The van der Waals surface area contributed by atoms with Crippen LogP contribution in [-0.2, 0) is 24.3 Å². The molecule has 0 aromatic heterocycles. The van der Waals surface area contributed by atoms with Crippen molar-refractivity contribution in [2.24, 2.45) is 0 Å². The Morgan fingerprint density at radius 1 is 0.692 bits per heavy atom. The zero-order chi connectivity index (χ0) is 26.6. The summed E-state index contributed by atoms with van der Waals surface area (Å²) in [4.78, 5) is 0. The Balaban J connectivity index is 1.46. The van der Waals surface area contributed by atoms with Gasteiger partial charge in [-0.2, -0.15) is 0 Å². The number of hydrogen-bond donors (Lipinski definition) is 0. The van der Waals surface area contributed by atoms with E-state index in [9.17, 15) is 0 Å². The molecule has 0 spiro atoms. The van der Waals surface area contributed by atoms with Gasteiger partial charge in [0.25, 0.3) is 0 Å². The second-order valence-corrected chi connectivity index (χ2v) is 26.3. The zero-order valence-corrected chi connectivity index (χ0v) is 27.2. The summed E-state index contributed by atoms with van der Waals surface area (Å²) in [5, 5.41) is 2.97. The van der Waals surface area contributed by atoms with Crippen LogP contribution in [0.15, 0.2) is 115 Å². The van der Waals surface area contributed by atoms with Gasteiger partial charge < -0.3 is 0 Å². The molecule has 0 radical (unpaired) electrons. The van der Waals surface area contributed by atoms with E-state index in [1.54, 1.807) is 0 Å². The normalized spacial score (nSPS) is 16.1. The molecule has 0 bridgehead atoms. The van der Waals surface area contributed by atoms with Crippen LogP contribution in [0.3, 0.4) is 0 Å². The van der Waals surface area contributed by atoms with Crippen LogP contribution in [0, 0.1) is 0 Å². The number of aryl methyl sites for hydroxylation is 1. The van der Waals surface area contributed by atoms with Gasteiger partial charge in [0.05, 0.1) is 0 Å². The Bertz CT molecular complexity index is 1740. The molecule has 39 heavy (non-hydrogen) atoms. The minimum absolute atomic E-state index is 0.0117. The topological polar surface area (TPSA) is 0 Å². The van der Waals surface area contributed by atoms with Crippen LogP contribution >= 0.6 is 17.0 Å². The maximum absolute atomic E-state index is 7.90. The van der Waals surface area contributed by atoms with Crippen molar-refractivity contribution in [1.82, 2.24) is 0 Å². The van der Waals surface area contributed by atoms with E-state index in [1.807, 2.05) is 0 Å². The van der Waals surface area contributed by atoms with Gasteiger partial charge in [0.15, 0.2) is 0 Å². The predicted molar refractivity (Wildman–Crippen MR) is 169 cm³/mol. The Kier molecular flexibility index (Phi) is 6.64. The van der Waals surface area contributed by atoms with Gasteiger partial charge >= 0.3 is 246 Å². The van der Waals surface area contributed by atoms with Crippen molar-refractivity contribution in [3.63, 3.8) is 0 Å². The van der Waals surface area contributed by atoms with Crippen LogP contribution in [-0.4, -0.2) is 9.52 Å². The van der Waals surface area contributed by atoms with Gasteiger partial charge in [-0.05, 0) is 0 Å². The van der Waals surface area contributed by atoms with Crippen molar-refractivity contribution in [3.05, 3.63) is 138 Å². The fourth-order valence-electron chi connectivity index (χ4n) is 6.63. The first-order valence-electron chi connectivity index (χ1n) is 13.6. The van der Waals surface area contributed by atoms with Crippen LogP contribution in [0.25, 0.3) is 33.9 Å². The fraction of sp³-hybridized carbons (Fsp3) is 0.0857. The first-order valence-corrected chi connectivity index (χ1v) is 24.0. The molecule has 0 saturated heterocycles. The van der Waals surface area contributed by atoms with Crippen molar-refractivity contribution in [3.8, 4) is 22.3 Å². The summed E-state index contributed by atoms with van der Waals surface area (Å²) >= 11 is -4.08. The summed E-state index contributed by atoms with van der Waals surface area (Å²) in [5.41, 5.74) is 11.7. The van der Waals surface area contributed by atoms with E-state index >= 15 is 0 Å². The Labute approximate surface area is 244 Å². The number of benzene rings is 5. The third kappa shape index (κ3) is 4.20. The standard InChI is InChI=1S/C23H19.C12H9Si.2ClH.Zr/c1-2-17-13-14-20-15-21(18-9-5-3-6-10-18)16-22(20)23(17)19-11-7-4-8-12-19;1-3-7-11-9(5-1)10-6-2-4-8-12(10)13-11;;;/h3-16H,2H2,1H3;1-7H,13H2;2*1H;/q;;;;+2/p-2. The van der Waals surface area contributed by atoms with Gasteiger partial charge in [-0.1, -0.05) is 0 Å². The van der Waals surface area contributed by atoms with Gasteiger partial charge in [-0.3, -0.25) is 0 Å². The number of rotatable bonds is 5. The summed E-state index contributed by atoms with van der Waals surface area (Å²) < 4.78 is 1.28. The third-order valence-corrected chi connectivity index (χ3v) is 22.6. The summed E-state index contributed by atoms with van der Waals surface area (Å²) in [6, 6.07) is 41.7. The molecule has 1 aliphatic carbocycles. The molecule has 0 N–H and O–H groups in total. The Morgan fingerprint density at radius 2 is 1.36 bits per heavy atom. The molecular formula is C35H28Cl2SiZr. The number of allylic oxidation sites excluding steroid dienone is 1. The van der Waals surface area contributed by atoms with Gasteiger partial charge in [0.2, 0.25) is 0 Å². The second kappa shape index (κ2) is 10.2. The molecule has 2 aliphatic rings. The molecule has 0 nitrogen and oxygen atoms in total. The Hall–Kier alpha value is -2.48. The summed E-state index contributed by atoms with van der Waals surface area (Å²) in [5.74, 6) is 0. The average molecular weight is 639 g/mol. The number of fused-ring (bicyclic) bond motifs is 4. The Morgan fingerprint density at radius 3 is 2.10 bits per heavy atom. The van der Waals surface area contributed by atoms with E-state index in [2.05, 4.69) is 128 Å². The second-order valence-electron chi connectivity index (χ2n) is 10.5. The monoisotopic (exact) mass is 636 g/mol. The van der Waals surface area contributed by atoms with Crippen molar-refractivity contribution in [2.75, 3.05) is 0 Å². The minimum atomic E-state index is -4.08. The van der Waals surface area contributed by atoms with Gasteiger partial charge in [-0.25, -0.2) is 0 Å². The van der Waals surface area contributed by atoms with Crippen molar-refractivity contribution >= 4 is 51.8 Å². The average Bonchev–Trinajstić information content (AvgIpc) is 3.57. The van der Waals surface area contributed by atoms with E-state index in [1.165, 1.54) is 63.7 Å². The van der Waals surface area contributed by atoms with Crippen LogP contribution in [0.2, 0.25) is 0 Å². The van der Waals surface area contributed by atoms with Gasteiger partial charge in [0, 0.05) is 0 Å². The van der Waals surface area contributed by atoms with Crippen molar-refractivity contribution < 1.29 is 17.9 Å². The molecule has 7 rings (SSSR count). The summed E-state index contributed by atoms with van der Waals surface area (Å²) in [6.45, 7) is 2.24. The third-order valence-electron chi connectivity index (χ3n) is 8.41. The SMILES string of the molecule is CCc1ccc2c(c1-c1ccccc1)C=C(c1ccccc1)[CH]2[Zr]([Cl])([Cl])[c]1cccc2c1[SiH2]c1ccccc1-2. The molecular weight excluding hydrogens is 611 g/mol. The molecule has 1 unspecified atom stereocenters. The van der Waals surface area contributed by atoms with Gasteiger partial charge in [-0.15, -0.1) is 0 Å². The van der Waals surface area contributed by atoms with E-state index in [-0.39, 0.29) is 3.63 Å². The first-order chi connectivity index (χ1) is 19.1. The van der Waals surface area contributed by atoms with E-state index in [0.717, 1.165) is 6.42 Å². The molecule has 4 heteroatoms. The molecule has 1 atom stereocenters. The zero-order valence-electron chi connectivity index (χ0n) is 21.8. The molecule has 1 heterocycles. The quantitative estimate of drug-likeness (QED) is 0.173. The molecule has 1 aliphatic heterocycles. The van der Waals surface area contributed by atoms with E-state index in [0.29, 0.717) is 0 Å².